The van der Waals surface area contributed by atoms with E-state index in [1.165, 1.54) is 16.9 Å². The van der Waals surface area contributed by atoms with E-state index in [0.717, 1.165) is 70.4 Å². The summed E-state index contributed by atoms with van der Waals surface area (Å²) in [5.41, 5.74) is 3.69. The first-order valence-corrected chi connectivity index (χ1v) is 12.2. The van der Waals surface area contributed by atoms with Gasteiger partial charge in [0, 0.05) is 84.4 Å². The van der Waals surface area contributed by atoms with Gasteiger partial charge in [0.05, 0.1) is 6.54 Å². The summed E-state index contributed by atoms with van der Waals surface area (Å²) in [5.74, 6) is 1.91. The summed E-state index contributed by atoms with van der Waals surface area (Å²) in [6, 6.07) is 14.9. The van der Waals surface area contributed by atoms with Crippen LogP contribution in [-0.4, -0.2) is 100 Å². The van der Waals surface area contributed by atoms with Gasteiger partial charge >= 0.3 is 0 Å². The number of nitrogens with zero attached hydrogens (tertiary/aromatic N) is 5. The molecule has 8 heteroatoms. The number of rotatable bonds is 6. The van der Waals surface area contributed by atoms with Crippen LogP contribution >= 0.6 is 0 Å². The lowest BCUT2D eigenvalue weighted by Crippen LogP contribution is -2.53. The van der Waals surface area contributed by atoms with E-state index in [0.29, 0.717) is 13.3 Å². The third-order valence-corrected chi connectivity index (χ3v) is 7.03. The van der Waals surface area contributed by atoms with Crippen molar-refractivity contribution in [2.45, 2.75) is 6.54 Å². The lowest BCUT2D eigenvalue weighted by molar-refractivity contribution is -0.134. The summed E-state index contributed by atoms with van der Waals surface area (Å²) in [6.45, 7) is 8.84. The summed E-state index contributed by atoms with van der Waals surface area (Å²) in [6.07, 6.45) is 0. The quantitative estimate of drug-likeness (QED) is 0.646. The Balaban J connectivity index is 1.04. The number of benzene rings is 2. The van der Waals surface area contributed by atoms with Gasteiger partial charge in [-0.1, -0.05) is 6.07 Å². The number of anilines is 2. The van der Waals surface area contributed by atoms with Crippen molar-refractivity contribution in [2.75, 3.05) is 89.6 Å². The summed E-state index contributed by atoms with van der Waals surface area (Å²) in [4.78, 5) is 24.2. The zero-order chi connectivity index (χ0) is 23.5. The van der Waals surface area contributed by atoms with Crippen molar-refractivity contribution in [2.24, 2.45) is 0 Å². The summed E-state index contributed by atoms with van der Waals surface area (Å²) >= 11 is 0. The summed E-state index contributed by atoms with van der Waals surface area (Å²) in [5, 5.41) is 0. The van der Waals surface area contributed by atoms with E-state index in [1.807, 2.05) is 11.0 Å². The smallest absolute Gasteiger partial charge is 0.236 e. The molecular weight excluding hydrogens is 430 g/mol. The van der Waals surface area contributed by atoms with Crippen LogP contribution in [0.25, 0.3) is 0 Å². The zero-order valence-electron chi connectivity index (χ0n) is 20.3. The Morgan fingerprint density at radius 2 is 1.50 bits per heavy atom. The van der Waals surface area contributed by atoms with Crippen LogP contribution in [0.2, 0.25) is 0 Å². The van der Waals surface area contributed by atoms with Crippen LogP contribution in [0.15, 0.2) is 42.5 Å². The highest BCUT2D eigenvalue weighted by Gasteiger charge is 2.25. The van der Waals surface area contributed by atoms with Crippen molar-refractivity contribution in [3.63, 3.8) is 0 Å². The molecule has 34 heavy (non-hydrogen) atoms. The first kappa shape index (κ1) is 22.8. The topological polar surface area (TPSA) is 51.7 Å². The molecule has 5 rings (SSSR count). The molecule has 0 aromatic heterocycles. The molecule has 3 heterocycles. The predicted octanol–water partition coefficient (Wildman–Crippen LogP) is 1.95. The van der Waals surface area contributed by atoms with E-state index in [2.05, 4.69) is 70.1 Å². The van der Waals surface area contributed by atoms with Gasteiger partial charge in [0.1, 0.15) is 0 Å². The van der Waals surface area contributed by atoms with Crippen molar-refractivity contribution in [3.05, 3.63) is 48.0 Å². The van der Waals surface area contributed by atoms with E-state index < -0.39 is 0 Å². The lowest BCUT2D eigenvalue weighted by atomic mass is 10.1. The first-order chi connectivity index (χ1) is 16.5. The Morgan fingerprint density at radius 1 is 0.824 bits per heavy atom. The highest BCUT2D eigenvalue weighted by Crippen LogP contribution is 2.32. The van der Waals surface area contributed by atoms with Crippen LogP contribution < -0.4 is 19.3 Å². The fourth-order valence-electron chi connectivity index (χ4n) is 4.87. The van der Waals surface area contributed by atoms with Crippen molar-refractivity contribution in [1.82, 2.24) is 14.7 Å². The Morgan fingerprint density at radius 3 is 2.21 bits per heavy atom. The van der Waals surface area contributed by atoms with Crippen LogP contribution in [0, 0.1) is 0 Å². The van der Waals surface area contributed by atoms with E-state index in [1.54, 1.807) is 0 Å². The third kappa shape index (κ3) is 5.23. The SMILES string of the molecule is CN(C)c1ccc(N2CCN(CC(=O)N3CCN(Cc4ccc5c(c4)OCO5)CC3)CC2)cc1. The number of carbonyl (C=O) groups is 1. The molecular formula is C26H35N5O3. The van der Waals surface area contributed by atoms with Crippen molar-refractivity contribution >= 4 is 17.3 Å². The minimum Gasteiger partial charge on any atom is -0.454 e. The fourth-order valence-corrected chi connectivity index (χ4v) is 4.87. The van der Waals surface area contributed by atoms with Crippen LogP contribution in [0.3, 0.4) is 0 Å². The molecule has 182 valence electrons. The summed E-state index contributed by atoms with van der Waals surface area (Å²) < 4.78 is 10.9. The maximum Gasteiger partial charge on any atom is 0.236 e. The highest BCUT2D eigenvalue weighted by atomic mass is 16.7. The molecule has 0 N–H and O–H groups in total. The van der Waals surface area contributed by atoms with E-state index in [-0.39, 0.29) is 5.91 Å². The molecule has 3 aliphatic rings. The number of carbonyl (C=O) groups excluding carboxylic acids is 1. The maximum atomic E-state index is 12.9. The average molecular weight is 466 g/mol. The Bertz CT molecular complexity index is 980. The minimum absolute atomic E-state index is 0.256. The third-order valence-electron chi connectivity index (χ3n) is 7.03. The van der Waals surface area contributed by atoms with Gasteiger partial charge in [-0.05, 0) is 42.0 Å². The molecule has 1 amide bonds. The van der Waals surface area contributed by atoms with Gasteiger partial charge in [-0.3, -0.25) is 14.6 Å². The molecule has 0 spiro atoms. The predicted molar refractivity (Wildman–Crippen MR) is 134 cm³/mol. The Hall–Kier alpha value is -2.97. The number of fused-ring (bicyclic) bond motifs is 1. The number of hydrogen-bond acceptors (Lipinski definition) is 7. The van der Waals surface area contributed by atoms with E-state index >= 15 is 0 Å². The van der Waals surface area contributed by atoms with Crippen molar-refractivity contribution in [1.29, 1.82) is 0 Å². The second-order valence-electron chi connectivity index (χ2n) is 9.52. The van der Waals surface area contributed by atoms with E-state index in [9.17, 15) is 4.79 Å². The standard InChI is InChI=1S/C26H35N5O3/c1-27(2)22-4-6-23(7-5-22)30-13-9-29(10-14-30)19-26(32)31-15-11-28(12-16-31)18-21-3-8-24-25(17-21)34-20-33-24/h3-8,17H,9-16,18-20H2,1-2H3. The second-order valence-corrected chi connectivity index (χ2v) is 9.52. The molecule has 0 saturated carbocycles. The van der Waals surface area contributed by atoms with Crippen LogP contribution in [0.5, 0.6) is 11.5 Å². The molecule has 2 fully saturated rings. The maximum absolute atomic E-state index is 12.9. The van der Waals surface area contributed by atoms with Crippen LogP contribution in [0.4, 0.5) is 11.4 Å². The molecule has 0 bridgehead atoms. The molecule has 0 atom stereocenters. The second kappa shape index (κ2) is 10.1. The van der Waals surface area contributed by atoms with Gasteiger partial charge in [0.2, 0.25) is 12.7 Å². The van der Waals surface area contributed by atoms with Gasteiger partial charge < -0.3 is 24.2 Å². The van der Waals surface area contributed by atoms with Gasteiger partial charge in [-0.2, -0.15) is 0 Å². The molecule has 2 aromatic rings. The molecule has 2 saturated heterocycles. The normalized spacial score (nSPS) is 18.9. The van der Waals surface area contributed by atoms with Crippen molar-refractivity contribution < 1.29 is 14.3 Å². The fraction of sp³-hybridized carbons (Fsp3) is 0.500. The Kier molecular flexibility index (Phi) is 6.78. The molecule has 0 aliphatic carbocycles. The lowest BCUT2D eigenvalue weighted by Gasteiger charge is -2.38. The van der Waals surface area contributed by atoms with Crippen LogP contribution in [-0.2, 0) is 11.3 Å². The number of ether oxygens (including phenoxy) is 2. The van der Waals surface area contributed by atoms with Crippen LogP contribution in [0.1, 0.15) is 5.56 Å². The number of amides is 1. The van der Waals surface area contributed by atoms with Gasteiger partial charge in [0.25, 0.3) is 0 Å². The molecule has 0 unspecified atom stereocenters. The molecule has 8 nitrogen and oxygen atoms in total. The van der Waals surface area contributed by atoms with E-state index in [4.69, 9.17) is 9.47 Å². The average Bonchev–Trinajstić information content (AvgIpc) is 3.33. The van der Waals surface area contributed by atoms with Gasteiger partial charge in [-0.15, -0.1) is 0 Å². The largest absolute Gasteiger partial charge is 0.454 e. The molecule has 3 aliphatic heterocycles. The Labute approximate surface area is 202 Å². The zero-order valence-corrected chi connectivity index (χ0v) is 20.3. The number of piperazine rings is 2. The minimum atomic E-state index is 0.256. The molecule has 0 radical (unpaired) electrons. The highest BCUT2D eigenvalue weighted by molar-refractivity contribution is 5.78. The molecule has 2 aromatic carbocycles. The van der Waals surface area contributed by atoms with Gasteiger partial charge in [-0.25, -0.2) is 0 Å². The van der Waals surface area contributed by atoms with Gasteiger partial charge in [0.15, 0.2) is 11.5 Å². The summed E-state index contributed by atoms with van der Waals surface area (Å²) in [7, 11) is 4.12. The number of hydrogen-bond donors (Lipinski definition) is 0. The van der Waals surface area contributed by atoms with Crippen molar-refractivity contribution in [3.8, 4) is 11.5 Å². The monoisotopic (exact) mass is 465 g/mol. The first-order valence-electron chi connectivity index (χ1n) is 12.2.